The van der Waals surface area contributed by atoms with Gasteiger partial charge in [0.05, 0.1) is 5.69 Å². The van der Waals surface area contributed by atoms with Gasteiger partial charge < -0.3 is 4.98 Å². The summed E-state index contributed by atoms with van der Waals surface area (Å²) in [5.41, 5.74) is 2.43. The van der Waals surface area contributed by atoms with Crippen molar-refractivity contribution in [2.45, 2.75) is 26.7 Å². The Balaban J connectivity index is 1.74. The number of aromatic amines is 1. The van der Waals surface area contributed by atoms with Crippen LogP contribution in [0.1, 0.15) is 23.4 Å². The van der Waals surface area contributed by atoms with Crippen LogP contribution in [0.15, 0.2) is 18.2 Å². The smallest absolute Gasteiger partial charge is 0.232 e. The van der Waals surface area contributed by atoms with E-state index in [1.54, 1.807) is 4.90 Å². The molecule has 1 aliphatic rings. The van der Waals surface area contributed by atoms with Crippen LogP contribution in [0, 0.1) is 31.4 Å². The van der Waals surface area contributed by atoms with Crippen LogP contribution in [-0.2, 0) is 11.2 Å². The molecule has 1 fully saturated rings. The van der Waals surface area contributed by atoms with E-state index in [0.29, 0.717) is 30.9 Å². The Morgan fingerprint density at radius 2 is 2.09 bits per heavy atom. The summed E-state index contributed by atoms with van der Waals surface area (Å²) in [5.74, 6) is -1.44. The number of rotatable bonds is 3. The van der Waals surface area contributed by atoms with Crippen LogP contribution in [0.2, 0.25) is 0 Å². The summed E-state index contributed by atoms with van der Waals surface area (Å²) in [5, 5.41) is 0. The Morgan fingerprint density at radius 1 is 1.32 bits per heavy atom. The lowest BCUT2D eigenvalue weighted by Gasteiger charge is -2.13. The van der Waals surface area contributed by atoms with Crippen LogP contribution in [0.25, 0.3) is 0 Å². The number of halogens is 2. The van der Waals surface area contributed by atoms with Crippen molar-refractivity contribution in [3.63, 3.8) is 0 Å². The van der Waals surface area contributed by atoms with Crippen molar-refractivity contribution in [3.05, 3.63) is 46.8 Å². The maximum Gasteiger partial charge on any atom is 0.232 e. The minimum absolute atomic E-state index is 0.0292. The van der Waals surface area contributed by atoms with Crippen molar-refractivity contribution in [1.82, 2.24) is 9.97 Å². The second kappa shape index (κ2) is 5.51. The molecule has 116 valence electrons. The second-order valence-electron chi connectivity index (χ2n) is 5.70. The standard InChI is InChI=1S/C16H17F2N3O/c1-9-10(2)20-16(19-9)21-6-5-12(15(21)22)7-11-3-4-13(17)14(18)8-11/h3-4,8,12H,5-7H2,1-2H3,(H,19,20). The number of hydrogen-bond donors (Lipinski definition) is 1. The molecule has 1 aromatic heterocycles. The SMILES string of the molecule is Cc1nc(N2CCC(Cc3ccc(F)c(F)c3)C2=O)[nH]c1C. The van der Waals surface area contributed by atoms with Gasteiger partial charge in [-0.2, -0.15) is 0 Å². The van der Waals surface area contributed by atoms with E-state index in [-0.39, 0.29) is 11.8 Å². The van der Waals surface area contributed by atoms with Gasteiger partial charge in [-0.15, -0.1) is 0 Å². The average molecular weight is 305 g/mol. The van der Waals surface area contributed by atoms with Gasteiger partial charge in [-0.1, -0.05) is 6.07 Å². The van der Waals surface area contributed by atoms with Gasteiger partial charge in [0.2, 0.25) is 11.9 Å². The minimum Gasteiger partial charge on any atom is -0.328 e. The molecule has 2 aromatic rings. The largest absolute Gasteiger partial charge is 0.328 e. The van der Waals surface area contributed by atoms with Gasteiger partial charge in [0, 0.05) is 18.2 Å². The lowest BCUT2D eigenvalue weighted by molar-refractivity contribution is -0.120. The summed E-state index contributed by atoms with van der Waals surface area (Å²) < 4.78 is 26.2. The first-order chi connectivity index (χ1) is 10.5. The molecule has 0 spiro atoms. The lowest BCUT2D eigenvalue weighted by atomic mass is 9.98. The molecule has 3 rings (SSSR count). The number of carbonyl (C=O) groups is 1. The number of H-pyrrole nitrogens is 1. The highest BCUT2D eigenvalue weighted by atomic mass is 19.2. The first kappa shape index (κ1) is 14.7. The summed E-state index contributed by atoms with van der Waals surface area (Å²) in [7, 11) is 0. The molecule has 2 heterocycles. The summed E-state index contributed by atoms with van der Waals surface area (Å²) in [6.45, 7) is 4.37. The zero-order chi connectivity index (χ0) is 15.9. The molecule has 22 heavy (non-hydrogen) atoms. The van der Waals surface area contributed by atoms with Crippen molar-refractivity contribution >= 4 is 11.9 Å². The number of nitrogens with one attached hydrogen (secondary N) is 1. The van der Waals surface area contributed by atoms with E-state index in [0.717, 1.165) is 23.5 Å². The van der Waals surface area contributed by atoms with Gasteiger partial charge in [0.25, 0.3) is 0 Å². The lowest BCUT2D eigenvalue weighted by Crippen LogP contribution is -2.28. The fourth-order valence-electron chi connectivity index (χ4n) is 2.75. The van der Waals surface area contributed by atoms with E-state index >= 15 is 0 Å². The molecule has 1 N–H and O–H groups in total. The third-order valence-electron chi connectivity index (χ3n) is 4.15. The van der Waals surface area contributed by atoms with Crippen LogP contribution in [0.4, 0.5) is 14.7 Å². The zero-order valence-corrected chi connectivity index (χ0v) is 12.5. The molecule has 1 unspecified atom stereocenters. The summed E-state index contributed by atoms with van der Waals surface area (Å²) in [6, 6.07) is 3.78. The van der Waals surface area contributed by atoms with Crippen LogP contribution in [0.3, 0.4) is 0 Å². The van der Waals surface area contributed by atoms with Crippen LogP contribution < -0.4 is 4.90 Å². The maximum absolute atomic E-state index is 13.3. The highest BCUT2D eigenvalue weighted by Crippen LogP contribution is 2.27. The third kappa shape index (κ3) is 2.61. The van der Waals surface area contributed by atoms with Crippen LogP contribution in [0.5, 0.6) is 0 Å². The number of imidazole rings is 1. The summed E-state index contributed by atoms with van der Waals surface area (Å²) in [4.78, 5) is 21.6. The number of nitrogens with zero attached hydrogens (tertiary/aromatic N) is 2. The van der Waals surface area contributed by atoms with E-state index in [4.69, 9.17) is 0 Å². The predicted molar refractivity (Wildman–Crippen MR) is 78.6 cm³/mol. The van der Waals surface area contributed by atoms with Crippen molar-refractivity contribution in [3.8, 4) is 0 Å². The number of aromatic nitrogens is 2. The Hall–Kier alpha value is -2.24. The van der Waals surface area contributed by atoms with Gasteiger partial charge >= 0.3 is 0 Å². The van der Waals surface area contributed by atoms with Gasteiger partial charge in [-0.3, -0.25) is 9.69 Å². The Morgan fingerprint density at radius 3 is 2.73 bits per heavy atom. The molecule has 4 nitrogen and oxygen atoms in total. The predicted octanol–water partition coefficient (Wildman–Crippen LogP) is 2.90. The third-order valence-corrected chi connectivity index (χ3v) is 4.15. The van der Waals surface area contributed by atoms with E-state index < -0.39 is 11.6 Å². The molecule has 1 atom stereocenters. The fourth-order valence-corrected chi connectivity index (χ4v) is 2.75. The first-order valence-corrected chi connectivity index (χ1v) is 7.24. The van der Waals surface area contributed by atoms with E-state index in [1.165, 1.54) is 6.07 Å². The maximum atomic E-state index is 13.3. The van der Waals surface area contributed by atoms with Crippen LogP contribution >= 0.6 is 0 Å². The number of amides is 1. The Kier molecular flexibility index (Phi) is 3.68. The minimum atomic E-state index is -0.878. The highest BCUT2D eigenvalue weighted by Gasteiger charge is 2.34. The van der Waals surface area contributed by atoms with E-state index in [1.807, 2.05) is 13.8 Å². The van der Waals surface area contributed by atoms with Crippen molar-refractivity contribution in [1.29, 1.82) is 0 Å². The topological polar surface area (TPSA) is 49.0 Å². The van der Waals surface area contributed by atoms with Gasteiger partial charge in [-0.05, 0) is 44.4 Å². The monoisotopic (exact) mass is 305 g/mol. The number of hydrogen-bond acceptors (Lipinski definition) is 2. The Labute approximate surface area is 127 Å². The number of anilines is 1. The number of aryl methyl sites for hydroxylation is 2. The fraction of sp³-hybridized carbons (Fsp3) is 0.375. The number of benzene rings is 1. The Bertz CT molecular complexity index is 707. The molecule has 0 aliphatic carbocycles. The quantitative estimate of drug-likeness (QED) is 0.948. The first-order valence-electron chi connectivity index (χ1n) is 7.24. The molecule has 1 amide bonds. The summed E-state index contributed by atoms with van der Waals surface area (Å²) >= 11 is 0. The zero-order valence-electron chi connectivity index (χ0n) is 12.5. The molecule has 0 bridgehead atoms. The van der Waals surface area contributed by atoms with Gasteiger partial charge in [0.1, 0.15) is 0 Å². The molecule has 0 radical (unpaired) electrons. The molecular formula is C16H17F2N3O. The van der Waals surface area contributed by atoms with E-state index in [9.17, 15) is 13.6 Å². The van der Waals surface area contributed by atoms with Crippen molar-refractivity contribution in [2.75, 3.05) is 11.4 Å². The highest BCUT2D eigenvalue weighted by molar-refractivity contribution is 5.95. The molecule has 1 saturated heterocycles. The van der Waals surface area contributed by atoms with Crippen molar-refractivity contribution < 1.29 is 13.6 Å². The van der Waals surface area contributed by atoms with E-state index in [2.05, 4.69) is 9.97 Å². The average Bonchev–Trinajstić information content (AvgIpc) is 2.99. The molecular weight excluding hydrogens is 288 g/mol. The van der Waals surface area contributed by atoms with Crippen molar-refractivity contribution in [2.24, 2.45) is 5.92 Å². The molecule has 0 saturated carbocycles. The second-order valence-corrected chi connectivity index (χ2v) is 5.70. The molecule has 6 heteroatoms. The van der Waals surface area contributed by atoms with Gasteiger partial charge in [0.15, 0.2) is 11.6 Å². The van der Waals surface area contributed by atoms with Gasteiger partial charge in [-0.25, -0.2) is 13.8 Å². The molecule has 1 aromatic carbocycles. The molecule has 1 aliphatic heterocycles. The normalized spacial score (nSPS) is 18.3. The summed E-state index contributed by atoms with van der Waals surface area (Å²) in [6.07, 6.45) is 1.09. The number of carbonyl (C=O) groups excluding carboxylic acids is 1. The van der Waals surface area contributed by atoms with Crippen LogP contribution in [-0.4, -0.2) is 22.4 Å².